The van der Waals surface area contributed by atoms with E-state index < -0.39 is 135 Å². The molecule has 0 aromatic carbocycles. The normalized spacial score (nSPS) is 27.9. The number of carbonyl (C=O) groups excluding carboxylic acids is 6. The molecule has 512 valence electrons. The number of unbranched alkanes of at least 4 members (excludes halogenated alkanes) is 9. The summed E-state index contributed by atoms with van der Waals surface area (Å²) >= 11 is 0. The van der Waals surface area contributed by atoms with Crippen LogP contribution in [0.3, 0.4) is 0 Å². The fourth-order valence-electron chi connectivity index (χ4n) is 10.1. The molecule has 3 aliphatic heterocycles. The van der Waals surface area contributed by atoms with E-state index in [0.29, 0.717) is 58.2 Å². The lowest BCUT2D eigenvalue weighted by Gasteiger charge is -2.42. The highest BCUT2D eigenvalue weighted by atomic mass is 16.7. The summed E-state index contributed by atoms with van der Waals surface area (Å²) in [5.41, 5.74) is -0.721. The summed E-state index contributed by atoms with van der Waals surface area (Å²) in [5.74, 6) is -1.99. The zero-order chi connectivity index (χ0) is 65.0. The van der Waals surface area contributed by atoms with Crippen LogP contribution in [0.2, 0.25) is 0 Å². The van der Waals surface area contributed by atoms with Gasteiger partial charge in [0.05, 0.1) is 59.5 Å². The Bertz CT molecular complexity index is 1780. The minimum atomic E-state index is -1.40. The lowest BCUT2D eigenvalue weighted by atomic mass is 9.79. The zero-order valence-electron chi connectivity index (χ0n) is 52.1. The molecule has 3 heterocycles. The average molecular weight is 1270 g/mol. The molecule has 0 spiro atoms. The SMILES string of the molecule is CC(=O)NC1[C@H](OCCCCCCNC(=O)CCOCC(COCCC(=O)NCCCCCCO[C@@H]2OC(CO)[C@H](O)[C@H](O)C2NC(C)=O)(COCCC(=O)NCCCCCCO[C@@H]2OC(CO)[C@H](O)[C@H](O)C2NC(C)=O)C(C)C)OC(CO)[C@H](O)[C@@H]1O. The van der Waals surface area contributed by atoms with Gasteiger partial charge in [0.15, 0.2) is 18.9 Å². The third-order valence-electron chi connectivity index (χ3n) is 15.6. The molecule has 0 bridgehead atoms. The average Bonchev–Trinajstić information content (AvgIpc) is 3.10. The summed E-state index contributed by atoms with van der Waals surface area (Å²) in [5, 5.41) is 107. The number of hydrogen-bond acceptors (Lipinski definition) is 24. The first kappa shape index (κ1) is 78.3. The molecular weight excluding hydrogens is 1160 g/mol. The predicted octanol–water partition coefficient (Wildman–Crippen LogP) is -3.24. The van der Waals surface area contributed by atoms with Crippen LogP contribution < -0.4 is 31.9 Å². The van der Waals surface area contributed by atoms with Crippen molar-refractivity contribution in [2.75, 3.05) is 98.9 Å². The molecule has 88 heavy (non-hydrogen) atoms. The van der Waals surface area contributed by atoms with Gasteiger partial charge >= 0.3 is 0 Å². The Morgan fingerprint density at radius 3 is 0.898 bits per heavy atom. The Kier molecular flexibility index (Phi) is 39.0. The molecule has 0 aromatic heterocycles. The second-order valence-electron chi connectivity index (χ2n) is 23.1. The van der Waals surface area contributed by atoms with E-state index in [2.05, 4.69) is 31.9 Å². The molecule has 15 atom stereocenters. The Labute approximate surface area is 516 Å². The highest BCUT2D eigenvalue weighted by Gasteiger charge is 2.48. The monoisotopic (exact) mass is 1270 g/mol. The second kappa shape index (κ2) is 43.8. The maximum absolute atomic E-state index is 12.8. The summed E-state index contributed by atoms with van der Waals surface area (Å²) in [6, 6.07) is -3.05. The first-order valence-electron chi connectivity index (χ1n) is 31.2. The summed E-state index contributed by atoms with van der Waals surface area (Å²) in [6.07, 6.45) is -6.07. The fourth-order valence-corrected chi connectivity index (χ4v) is 10.1. The number of amides is 6. The van der Waals surface area contributed by atoms with Crippen LogP contribution in [-0.4, -0.2) is 272 Å². The van der Waals surface area contributed by atoms with Gasteiger partial charge in [0.1, 0.15) is 73.1 Å². The van der Waals surface area contributed by atoms with E-state index in [1.807, 2.05) is 13.8 Å². The van der Waals surface area contributed by atoms with Crippen molar-refractivity contribution >= 4 is 35.4 Å². The fraction of sp³-hybridized carbons (Fsp3) is 0.897. The van der Waals surface area contributed by atoms with Gasteiger partial charge in [-0.15, -0.1) is 0 Å². The van der Waals surface area contributed by atoms with Gasteiger partial charge in [-0.3, -0.25) is 28.8 Å². The van der Waals surface area contributed by atoms with Crippen LogP contribution in [0.15, 0.2) is 0 Å². The molecule has 6 unspecified atom stereocenters. The third-order valence-corrected chi connectivity index (χ3v) is 15.6. The third kappa shape index (κ3) is 28.7. The quantitative estimate of drug-likeness (QED) is 0.0266. The van der Waals surface area contributed by atoms with Crippen LogP contribution >= 0.6 is 0 Å². The second-order valence-corrected chi connectivity index (χ2v) is 23.1. The van der Waals surface area contributed by atoms with Crippen molar-refractivity contribution in [3.05, 3.63) is 0 Å². The largest absolute Gasteiger partial charge is 0.394 e. The van der Waals surface area contributed by atoms with Gasteiger partial charge in [0.25, 0.3) is 0 Å². The van der Waals surface area contributed by atoms with Crippen molar-refractivity contribution in [2.45, 2.75) is 223 Å². The van der Waals surface area contributed by atoms with Crippen LogP contribution in [0.1, 0.15) is 131 Å². The molecule has 0 radical (unpaired) electrons. The van der Waals surface area contributed by atoms with Gasteiger partial charge in [-0.2, -0.15) is 0 Å². The highest BCUT2D eigenvalue weighted by molar-refractivity contribution is 5.77. The lowest BCUT2D eigenvalue weighted by Crippen LogP contribution is -2.64. The van der Waals surface area contributed by atoms with E-state index in [4.69, 9.17) is 42.6 Å². The summed E-state index contributed by atoms with van der Waals surface area (Å²) in [6.45, 7) is 8.92. The van der Waals surface area contributed by atoms with E-state index in [1.54, 1.807) is 0 Å². The van der Waals surface area contributed by atoms with E-state index >= 15 is 0 Å². The van der Waals surface area contributed by atoms with Crippen LogP contribution in [0, 0.1) is 11.3 Å². The van der Waals surface area contributed by atoms with Crippen LogP contribution in [-0.2, 0) is 71.4 Å². The smallest absolute Gasteiger partial charge is 0.222 e. The Morgan fingerprint density at radius 2 is 0.659 bits per heavy atom. The van der Waals surface area contributed by atoms with Gasteiger partial charge < -0.3 is 120 Å². The molecule has 3 aliphatic rings. The maximum Gasteiger partial charge on any atom is 0.222 e. The first-order valence-corrected chi connectivity index (χ1v) is 31.2. The summed E-state index contributed by atoms with van der Waals surface area (Å²) in [4.78, 5) is 73.5. The molecule has 3 saturated heterocycles. The van der Waals surface area contributed by atoms with E-state index in [0.717, 1.165) is 38.5 Å². The Balaban J connectivity index is 1.40. The summed E-state index contributed by atoms with van der Waals surface area (Å²) in [7, 11) is 0. The number of nitrogens with one attached hydrogen (secondary N) is 6. The van der Waals surface area contributed by atoms with Crippen LogP contribution in [0.4, 0.5) is 0 Å². The van der Waals surface area contributed by atoms with E-state index in [1.165, 1.54) is 20.8 Å². The Hall–Kier alpha value is -3.90. The van der Waals surface area contributed by atoms with Gasteiger partial charge in [-0.1, -0.05) is 52.4 Å². The van der Waals surface area contributed by atoms with Crippen molar-refractivity contribution < 1.29 is 117 Å². The molecular formula is C58H106N6O24. The van der Waals surface area contributed by atoms with Crippen molar-refractivity contribution in [3.63, 3.8) is 0 Å². The highest BCUT2D eigenvalue weighted by Crippen LogP contribution is 2.31. The number of rotatable bonds is 46. The minimum Gasteiger partial charge on any atom is -0.394 e. The molecule has 3 fully saturated rings. The molecule has 0 aromatic rings. The first-order chi connectivity index (χ1) is 42.1. The molecule has 3 rings (SSSR count). The summed E-state index contributed by atoms with van der Waals surface area (Å²) < 4.78 is 52.4. The van der Waals surface area contributed by atoms with Crippen LogP contribution in [0.5, 0.6) is 0 Å². The molecule has 0 aliphatic carbocycles. The molecule has 30 nitrogen and oxygen atoms in total. The maximum atomic E-state index is 12.8. The van der Waals surface area contributed by atoms with Crippen molar-refractivity contribution in [2.24, 2.45) is 11.3 Å². The zero-order valence-corrected chi connectivity index (χ0v) is 52.1. The number of aliphatic hydroxyl groups excluding tert-OH is 9. The number of carbonyl (C=O) groups is 6. The van der Waals surface area contributed by atoms with Gasteiger partial charge in [0, 0.05) is 84.9 Å². The van der Waals surface area contributed by atoms with E-state index in [-0.39, 0.29) is 102 Å². The molecule has 6 amide bonds. The molecule has 15 N–H and O–H groups in total. The van der Waals surface area contributed by atoms with Gasteiger partial charge in [-0.25, -0.2) is 0 Å². The van der Waals surface area contributed by atoms with Crippen molar-refractivity contribution in [1.82, 2.24) is 31.9 Å². The number of ether oxygens (including phenoxy) is 9. The molecule has 0 saturated carbocycles. The van der Waals surface area contributed by atoms with Crippen molar-refractivity contribution in [3.8, 4) is 0 Å². The standard InChI is InChI=1S/C58H106N6O24/c1-36(2)58(33-80-27-18-43(71)59-21-12-6-9-15-24-83-55-46(62-37(3)68)52(77)49(74)40(30-65)86-55,34-81-28-19-44(72)60-22-13-7-10-16-25-84-56-47(63-38(4)69)53(78)50(75)41(31-66)87-56)35-82-29-20-45(73)61-23-14-8-11-17-26-85-57-48(64-39(5)70)54(79)51(76)42(32-67)88-57/h36,40-42,46-57,65-67,74-79H,6-35H2,1-5H3,(H,59,71)(H,60,72)(H,61,73)(H,62,68)(H,63,69)(H,64,70)/t40?,41?,42?,46?,47?,48?,49-,50-,51-,52+,53+,54+,55+,56+,57+,58?/m0/s1. The minimum absolute atomic E-state index is 0.0625. The lowest BCUT2D eigenvalue weighted by molar-refractivity contribution is -0.270. The van der Waals surface area contributed by atoms with E-state index in [9.17, 15) is 74.7 Å². The van der Waals surface area contributed by atoms with Crippen molar-refractivity contribution in [1.29, 1.82) is 0 Å². The Morgan fingerprint density at radius 1 is 0.398 bits per heavy atom. The van der Waals surface area contributed by atoms with Gasteiger partial charge in [0.2, 0.25) is 35.4 Å². The van der Waals surface area contributed by atoms with Gasteiger partial charge in [-0.05, 0) is 44.4 Å². The predicted molar refractivity (Wildman–Crippen MR) is 312 cm³/mol. The topological polar surface area (TPSA) is 440 Å². The molecule has 30 heteroatoms. The number of hydrogen-bond donors (Lipinski definition) is 15. The number of aliphatic hydroxyl groups is 9. The van der Waals surface area contributed by atoms with Crippen LogP contribution in [0.25, 0.3) is 0 Å².